The second-order valence-corrected chi connectivity index (χ2v) is 6.96. The van der Waals surface area contributed by atoms with Crippen LogP contribution in [0.1, 0.15) is 0 Å². The number of benzene rings is 3. The number of rotatable bonds is 3. The van der Waals surface area contributed by atoms with Crippen LogP contribution in [0.25, 0.3) is 18.5 Å². The van der Waals surface area contributed by atoms with Gasteiger partial charge < -0.3 is 29.4 Å². The normalized spacial score (nSPS) is 8.04. The Morgan fingerprint density at radius 3 is 0.800 bits per heavy atom. The van der Waals surface area contributed by atoms with Gasteiger partial charge in [0.05, 0.1) is 7.92 Å². The van der Waals surface area contributed by atoms with E-state index in [1.807, 2.05) is 0 Å². The van der Waals surface area contributed by atoms with Crippen molar-refractivity contribution in [3.8, 4) is 0 Å². The molecular formula is C18H26N3O2PRu+. The fourth-order valence-electron chi connectivity index (χ4n) is 2.31. The molecule has 0 aliphatic rings. The molecule has 3 aromatic rings. The molecule has 7 heteroatoms. The van der Waals surface area contributed by atoms with Gasteiger partial charge in [-0.25, -0.2) is 0 Å². The molecule has 0 unspecified atom stereocenters. The Labute approximate surface area is 163 Å². The number of hydrogen-bond donors (Lipinski definition) is 0. The fourth-order valence-corrected chi connectivity index (χ4v) is 4.89. The molecular weight excluding hydrogens is 422 g/mol. The average molecular weight is 448 g/mol. The molecule has 0 saturated heterocycles. The van der Waals surface area contributed by atoms with E-state index in [-0.39, 0.29) is 48.9 Å². The number of nitrogens with two attached hydrogens (primary N) is 3. The summed E-state index contributed by atoms with van der Waals surface area (Å²) >= 11 is 0. The van der Waals surface area contributed by atoms with Crippen LogP contribution < -0.4 is 15.9 Å². The van der Waals surface area contributed by atoms with Crippen molar-refractivity contribution in [3.05, 3.63) is 109 Å². The Bertz CT molecular complexity index is 552. The molecule has 3 rings (SSSR count). The monoisotopic (exact) mass is 449 g/mol. The quantitative estimate of drug-likeness (QED) is 0.422. The van der Waals surface area contributed by atoms with Crippen LogP contribution in [0.15, 0.2) is 91.0 Å². The van der Waals surface area contributed by atoms with Gasteiger partial charge in [-0.3, -0.25) is 0 Å². The third-order valence-electron chi connectivity index (χ3n) is 3.19. The summed E-state index contributed by atoms with van der Waals surface area (Å²) in [4.78, 5) is 0. The van der Waals surface area contributed by atoms with E-state index in [4.69, 9.17) is 0 Å². The van der Waals surface area contributed by atoms with Crippen LogP contribution >= 0.6 is 7.92 Å². The van der Waals surface area contributed by atoms with Crippen molar-refractivity contribution < 1.29 is 30.4 Å². The predicted molar refractivity (Wildman–Crippen MR) is 110 cm³/mol. The molecule has 137 valence electrons. The molecule has 3 aromatic carbocycles. The van der Waals surface area contributed by atoms with Crippen LogP contribution in [0.3, 0.4) is 0 Å². The van der Waals surface area contributed by atoms with Gasteiger partial charge in [0.25, 0.3) is 0 Å². The summed E-state index contributed by atoms with van der Waals surface area (Å²) in [7, 11) is -0.877. The first-order valence-corrected chi connectivity index (χ1v) is 7.98. The van der Waals surface area contributed by atoms with E-state index in [2.05, 4.69) is 91.0 Å². The first-order valence-electron chi connectivity index (χ1n) is 6.48. The third kappa shape index (κ3) is 7.95. The van der Waals surface area contributed by atoms with Crippen molar-refractivity contribution in [1.29, 1.82) is 0 Å². The van der Waals surface area contributed by atoms with Crippen LogP contribution in [0, 0.1) is 0 Å². The van der Waals surface area contributed by atoms with Crippen molar-refractivity contribution in [2.75, 3.05) is 0 Å². The van der Waals surface area contributed by atoms with Crippen LogP contribution in [-0.4, -0.2) is 11.0 Å². The smallest absolute Gasteiger partial charge is 0.693 e. The second kappa shape index (κ2) is 16.0. The van der Waals surface area contributed by atoms with Gasteiger partial charge in [0.1, 0.15) is 15.9 Å². The number of hydrogen-bond acceptors (Lipinski definition) is 0. The summed E-state index contributed by atoms with van der Waals surface area (Å²) in [5.41, 5.74) is 0. The minimum absolute atomic E-state index is 0. The van der Waals surface area contributed by atoms with Gasteiger partial charge in [-0.2, -0.15) is 0 Å². The maximum atomic E-state index is 2.24. The molecule has 0 aliphatic heterocycles. The summed E-state index contributed by atoms with van der Waals surface area (Å²) in [6.45, 7) is 0. The van der Waals surface area contributed by atoms with E-state index >= 15 is 0 Å². The van der Waals surface area contributed by atoms with E-state index < -0.39 is 7.92 Å². The summed E-state index contributed by atoms with van der Waals surface area (Å²) in [6.07, 6.45) is 0. The van der Waals surface area contributed by atoms with Crippen molar-refractivity contribution >= 4 is 23.8 Å². The molecule has 0 bridgehead atoms. The Kier molecular flexibility index (Phi) is 20.0. The van der Waals surface area contributed by atoms with Gasteiger partial charge in [-0.15, -0.1) is 0 Å². The summed E-state index contributed by atoms with van der Waals surface area (Å²) < 4.78 is 0. The van der Waals surface area contributed by atoms with Gasteiger partial charge >= 0.3 is 19.5 Å². The minimum atomic E-state index is -0.877. The van der Waals surface area contributed by atoms with Gasteiger partial charge in [-0.1, -0.05) is 54.6 Å². The molecule has 1 radical (unpaired) electrons. The van der Waals surface area contributed by atoms with Gasteiger partial charge in [0.2, 0.25) is 0 Å². The third-order valence-corrected chi connectivity index (χ3v) is 5.92. The zero-order chi connectivity index (χ0) is 12.9. The van der Waals surface area contributed by atoms with Crippen molar-refractivity contribution in [3.63, 3.8) is 0 Å². The van der Waals surface area contributed by atoms with Gasteiger partial charge in [0.15, 0.2) is 0 Å². The average Bonchev–Trinajstić information content (AvgIpc) is 2.51. The van der Waals surface area contributed by atoms with E-state index in [0.717, 1.165) is 0 Å². The molecule has 25 heavy (non-hydrogen) atoms. The summed E-state index contributed by atoms with van der Waals surface area (Å²) in [5, 5.41) is 4.31. The molecule has 0 aromatic heterocycles. The van der Waals surface area contributed by atoms with Crippen LogP contribution in [-0.2, 0) is 19.5 Å². The van der Waals surface area contributed by atoms with Crippen molar-refractivity contribution in [1.82, 2.24) is 0 Å². The van der Waals surface area contributed by atoms with E-state index in [9.17, 15) is 0 Å². The van der Waals surface area contributed by atoms with Crippen LogP contribution in [0.2, 0.25) is 0 Å². The molecule has 0 saturated carbocycles. The summed E-state index contributed by atoms with van der Waals surface area (Å²) in [6, 6.07) is 32.5. The Morgan fingerprint density at radius 2 is 0.600 bits per heavy atom. The van der Waals surface area contributed by atoms with Crippen molar-refractivity contribution in [2.24, 2.45) is 0 Å². The molecule has 0 spiro atoms. The first-order chi connectivity index (χ1) is 9.45. The molecule has 10 N–H and O–H groups in total. The molecule has 0 heterocycles. The van der Waals surface area contributed by atoms with E-state index in [1.165, 1.54) is 15.9 Å². The molecule has 5 nitrogen and oxygen atoms in total. The van der Waals surface area contributed by atoms with E-state index in [0.29, 0.717) is 0 Å². The molecule has 0 aliphatic carbocycles. The standard InChI is InChI=1S/C18H15P.3H2N.2H2O.Ru/c1-4-10-16(11-5-1)19(17-12-6-2-7-13-17)18-14-8-3-9-15-18;;;;;;/h1-15H;5*1H2;/q;3*-1;;;+3/p+1. The maximum Gasteiger partial charge on any atom is 3.00 e. The van der Waals surface area contributed by atoms with Gasteiger partial charge in [0, 0.05) is 0 Å². The van der Waals surface area contributed by atoms with Gasteiger partial charge in [-0.05, 0) is 36.4 Å². The SMILES string of the molecule is O.O.[NH2-].[NH2-].[NH2-].[Ru+3].c1ccc([PH+](c2ccccc2)c2ccccc2)cc1. The minimum Gasteiger partial charge on any atom is -0.693 e. The zero-order valence-corrected chi connectivity index (χ0v) is 16.5. The Hall–Kier alpha value is -1.49. The Morgan fingerprint density at radius 1 is 0.400 bits per heavy atom. The van der Waals surface area contributed by atoms with Crippen LogP contribution in [0.4, 0.5) is 0 Å². The maximum absolute atomic E-state index is 2.24. The zero-order valence-electron chi connectivity index (χ0n) is 13.7. The van der Waals surface area contributed by atoms with E-state index in [1.54, 1.807) is 0 Å². The largest absolute Gasteiger partial charge is 3.00 e. The molecule has 0 amide bonds. The Balaban J connectivity index is -0.000000367. The fraction of sp³-hybridized carbons (Fsp3) is 0. The summed E-state index contributed by atoms with van der Waals surface area (Å²) in [5.74, 6) is 0. The second-order valence-electron chi connectivity index (χ2n) is 4.47. The topological polar surface area (TPSA) is 164 Å². The van der Waals surface area contributed by atoms with Crippen molar-refractivity contribution in [2.45, 2.75) is 0 Å². The predicted octanol–water partition coefficient (Wildman–Crippen LogP) is 3.68. The van der Waals surface area contributed by atoms with Crippen LogP contribution in [0.5, 0.6) is 0 Å². The molecule has 0 fully saturated rings. The molecule has 0 atom stereocenters. The first kappa shape index (κ1) is 31.3.